The van der Waals surface area contributed by atoms with Gasteiger partial charge in [0.2, 0.25) is 5.91 Å². The highest BCUT2D eigenvalue weighted by Gasteiger charge is 2.48. The van der Waals surface area contributed by atoms with Crippen LogP contribution >= 0.6 is 0 Å². The highest BCUT2D eigenvalue weighted by molar-refractivity contribution is 5.84. The van der Waals surface area contributed by atoms with E-state index in [1.807, 2.05) is 19.1 Å². The van der Waals surface area contributed by atoms with Gasteiger partial charge in [-0.05, 0) is 39.5 Å². The molecule has 0 saturated carbocycles. The lowest BCUT2D eigenvalue weighted by Gasteiger charge is -2.38. The van der Waals surface area contributed by atoms with Crippen molar-refractivity contribution in [3.8, 4) is 22.5 Å². The van der Waals surface area contributed by atoms with Gasteiger partial charge in [-0.15, -0.1) is 5.10 Å². The molecule has 0 spiro atoms. The van der Waals surface area contributed by atoms with Crippen molar-refractivity contribution in [3.63, 3.8) is 0 Å². The number of tetrazole rings is 1. The van der Waals surface area contributed by atoms with Crippen LogP contribution in [-0.4, -0.2) is 98.9 Å². The molecule has 1 aliphatic heterocycles. The molecule has 2 aromatic carbocycles. The first kappa shape index (κ1) is 32.7. The van der Waals surface area contributed by atoms with Crippen LogP contribution in [-0.2, 0) is 25.7 Å². The number of amides is 1. The van der Waals surface area contributed by atoms with Gasteiger partial charge in [-0.1, -0.05) is 75.7 Å². The average molecular weight is 612 g/mol. The fraction of sp³-hybridized carbons (Fsp3) is 0.467. The van der Waals surface area contributed by atoms with E-state index in [-0.39, 0.29) is 30.6 Å². The first-order valence-corrected chi connectivity index (χ1v) is 14.4. The first-order valence-electron chi connectivity index (χ1n) is 14.4. The highest BCUT2D eigenvalue weighted by atomic mass is 16.6. The number of rotatable bonds is 12. The van der Waals surface area contributed by atoms with E-state index < -0.39 is 48.6 Å². The minimum atomic E-state index is -1.87. The number of hydrogen-bond acceptors (Lipinski definition) is 10. The van der Waals surface area contributed by atoms with E-state index in [0.717, 1.165) is 22.2 Å². The largest absolute Gasteiger partial charge is 0.480 e. The van der Waals surface area contributed by atoms with Gasteiger partial charge in [0, 0.05) is 18.5 Å². The number of carbonyl (C=O) groups is 3. The van der Waals surface area contributed by atoms with Crippen LogP contribution in [0.15, 0.2) is 48.5 Å². The van der Waals surface area contributed by atoms with Crippen LogP contribution in [0.4, 0.5) is 0 Å². The molecule has 1 fully saturated rings. The van der Waals surface area contributed by atoms with Crippen molar-refractivity contribution in [1.82, 2.24) is 25.1 Å². The predicted molar refractivity (Wildman–Crippen MR) is 155 cm³/mol. The number of aliphatic hydroxyl groups is 3. The van der Waals surface area contributed by atoms with Gasteiger partial charge in [0.1, 0.15) is 24.4 Å². The van der Waals surface area contributed by atoms with E-state index in [4.69, 9.17) is 4.74 Å². The Labute approximate surface area is 253 Å². The molecular formula is C30H37N5O9. The number of hydrogen-bond donors (Lipinski definition) is 5. The lowest BCUT2D eigenvalue weighted by molar-refractivity contribution is -0.249. The topological polar surface area (TPSA) is 208 Å². The number of nitrogens with zero attached hydrogens (tertiary/aromatic N) is 5. The normalized spacial score (nSPS) is 22.5. The van der Waals surface area contributed by atoms with Gasteiger partial charge >= 0.3 is 11.9 Å². The number of carbonyl (C=O) groups excluding carboxylic acids is 1. The maximum Gasteiger partial charge on any atom is 0.335 e. The number of carboxylic acid groups (broad SMARTS) is 2. The second kappa shape index (κ2) is 14.0. The van der Waals surface area contributed by atoms with Gasteiger partial charge in [-0.3, -0.25) is 4.79 Å². The molecule has 2 heterocycles. The summed E-state index contributed by atoms with van der Waals surface area (Å²) in [6.07, 6.45) is -7.06. The van der Waals surface area contributed by atoms with Crippen molar-refractivity contribution < 1.29 is 44.7 Å². The van der Waals surface area contributed by atoms with E-state index in [1.165, 1.54) is 4.90 Å². The fourth-order valence-electron chi connectivity index (χ4n) is 5.32. The second-order valence-corrected chi connectivity index (χ2v) is 11.1. The number of aliphatic hydroxyl groups excluding tert-OH is 3. The second-order valence-electron chi connectivity index (χ2n) is 11.1. The fourth-order valence-corrected chi connectivity index (χ4v) is 5.32. The first-order chi connectivity index (χ1) is 21.0. The molecule has 44 heavy (non-hydrogen) atoms. The maximum absolute atomic E-state index is 13.1. The third-order valence-electron chi connectivity index (χ3n) is 7.64. The molecular weight excluding hydrogens is 574 g/mol. The lowest BCUT2D eigenvalue weighted by Crippen LogP contribution is -2.58. The molecule has 14 heteroatoms. The number of unbranched alkanes of at least 4 members (excludes halogenated alkanes) is 1. The number of ether oxygens (including phenoxy) is 1. The molecule has 0 unspecified atom stereocenters. The Bertz CT molecular complexity index is 1460. The maximum atomic E-state index is 13.1. The Morgan fingerprint density at radius 2 is 1.61 bits per heavy atom. The molecule has 1 amide bonds. The smallest absolute Gasteiger partial charge is 0.335 e. The molecule has 236 valence electrons. The van der Waals surface area contributed by atoms with Crippen molar-refractivity contribution in [3.05, 3.63) is 54.1 Å². The summed E-state index contributed by atoms with van der Waals surface area (Å²) in [4.78, 5) is 38.2. The predicted octanol–water partition coefficient (Wildman–Crippen LogP) is 1.70. The van der Waals surface area contributed by atoms with Gasteiger partial charge in [0.15, 0.2) is 18.2 Å². The van der Waals surface area contributed by atoms with E-state index in [9.17, 15) is 39.9 Å². The van der Waals surface area contributed by atoms with Gasteiger partial charge < -0.3 is 35.2 Å². The minimum absolute atomic E-state index is 0.107. The third kappa shape index (κ3) is 6.78. The molecule has 4 rings (SSSR count). The highest BCUT2D eigenvalue weighted by Crippen LogP contribution is 2.35. The summed E-state index contributed by atoms with van der Waals surface area (Å²) < 4.78 is 6.49. The number of aromatic nitrogens is 4. The summed E-state index contributed by atoms with van der Waals surface area (Å²) >= 11 is 0. The monoisotopic (exact) mass is 611 g/mol. The van der Waals surface area contributed by atoms with E-state index >= 15 is 0 Å². The number of carboxylic acids is 2. The lowest BCUT2D eigenvalue weighted by atomic mass is 9.96. The van der Waals surface area contributed by atoms with Crippen molar-refractivity contribution in [1.29, 1.82) is 0 Å². The Balaban J connectivity index is 1.65. The molecule has 6 atom stereocenters. The van der Waals surface area contributed by atoms with Crippen LogP contribution in [0, 0.1) is 5.92 Å². The quantitative estimate of drug-likeness (QED) is 0.198. The third-order valence-corrected chi connectivity index (χ3v) is 7.64. The summed E-state index contributed by atoms with van der Waals surface area (Å²) in [5, 5.41) is 62.0. The summed E-state index contributed by atoms with van der Waals surface area (Å²) in [6, 6.07) is 13.3. The van der Waals surface area contributed by atoms with Crippen molar-refractivity contribution in [2.45, 2.75) is 83.3 Å². The zero-order valence-electron chi connectivity index (χ0n) is 24.6. The number of aliphatic carboxylic acids is 2. The van der Waals surface area contributed by atoms with Crippen LogP contribution < -0.4 is 0 Å². The summed E-state index contributed by atoms with van der Waals surface area (Å²) in [6.45, 7) is 5.63. The van der Waals surface area contributed by atoms with Gasteiger partial charge in [0.05, 0.1) is 0 Å². The molecule has 1 aliphatic rings. The molecule has 1 saturated heterocycles. The average Bonchev–Trinajstić information content (AvgIpc) is 3.48. The molecule has 0 bridgehead atoms. The van der Waals surface area contributed by atoms with E-state index in [2.05, 4.69) is 15.5 Å². The zero-order valence-corrected chi connectivity index (χ0v) is 24.6. The van der Waals surface area contributed by atoms with Crippen molar-refractivity contribution >= 4 is 17.8 Å². The standard InChI is InChI=1S/C30H37N5O9/c1-4-5-10-21(36)34(22(16(2)3)29(40)41)15-17-11-13-18(14-12-17)19-8-6-7-9-20(19)27-31-32-33-35(27)28-25(39)23(37)24(38)26(44-28)30(42)43/h6-9,11-14,16,22-26,28,37-39H,4-5,10,15H2,1-3H3,(H,40,41)(H,42,43)/t22-,23-,24-,25+,26-,28+/m0/s1. The molecule has 3 aromatic rings. The molecule has 5 N–H and O–H groups in total. The van der Waals surface area contributed by atoms with Crippen LogP contribution in [0.3, 0.4) is 0 Å². The van der Waals surface area contributed by atoms with Crippen molar-refractivity contribution in [2.75, 3.05) is 0 Å². The molecule has 14 nitrogen and oxygen atoms in total. The van der Waals surface area contributed by atoms with Gasteiger partial charge in [-0.25, -0.2) is 9.59 Å². The molecule has 1 aromatic heterocycles. The summed E-state index contributed by atoms with van der Waals surface area (Å²) in [7, 11) is 0. The van der Waals surface area contributed by atoms with Gasteiger partial charge in [-0.2, -0.15) is 4.68 Å². The van der Waals surface area contributed by atoms with Crippen LogP contribution in [0.2, 0.25) is 0 Å². The van der Waals surface area contributed by atoms with Crippen LogP contribution in [0.25, 0.3) is 22.5 Å². The van der Waals surface area contributed by atoms with E-state index in [0.29, 0.717) is 17.5 Å². The number of benzene rings is 2. The van der Waals surface area contributed by atoms with E-state index in [1.54, 1.807) is 50.2 Å². The Hall–Kier alpha value is -4.24. The SMILES string of the molecule is CCCCC(=O)N(Cc1ccc(-c2ccccc2-c2nnnn2[C@@H]2O[C@H](C(=O)O)[C@@H](O)[C@H](O)[C@H]2O)cc1)[C@H](C(=O)O)C(C)C. The summed E-state index contributed by atoms with van der Waals surface area (Å²) in [5.41, 5.74) is 2.62. The Morgan fingerprint density at radius 3 is 2.20 bits per heavy atom. The van der Waals surface area contributed by atoms with Gasteiger partial charge in [0.25, 0.3) is 0 Å². The van der Waals surface area contributed by atoms with Crippen LogP contribution in [0.1, 0.15) is 51.8 Å². The molecule has 0 aliphatic carbocycles. The Kier molecular flexibility index (Phi) is 10.4. The minimum Gasteiger partial charge on any atom is -0.480 e. The van der Waals surface area contributed by atoms with Crippen LogP contribution in [0.5, 0.6) is 0 Å². The Morgan fingerprint density at radius 1 is 0.955 bits per heavy atom. The summed E-state index contributed by atoms with van der Waals surface area (Å²) in [5.74, 6) is -2.99. The molecule has 0 radical (unpaired) electrons. The van der Waals surface area contributed by atoms with Crippen molar-refractivity contribution in [2.24, 2.45) is 5.92 Å². The zero-order chi connectivity index (χ0) is 32.1.